The molecule has 0 aromatic heterocycles. The van der Waals surface area contributed by atoms with Crippen LogP contribution >= 0.6 is 11.8 Å². The van der Waals surface area contributed by atoms with Crippen LogP contribution in [0.15, 0.2) is 36.4 Å². The van der Waals surface area contributed by atoms with Crippen LogP contribution in [0, 0.1) is 5.82 Å². The molecule has 146 valence electrons. The molecule has 0 saturated heterocycles. The molecule has 3 nitrogen and oxygen atoms in total. The molecule has 1 N–H and O–H groups in total. The first-order chi connectivity index (χ1) is 12.8. The zero-order chi connectivity index (χ0) is 20.0. The van der Waals surface area contributed by atoms with Crippen molar-refractivity contribution in [1.82, 2.24) is 0 Å². The lowest BCUT2D eigenvalue weighted by atomic mass is 9.92. The van der Waals surface area contributed by atoms with Crippen molar-refractivity contribution >= 4 is 23.4 Å². The number of halogens is 1. The van der Waals surface area contributed by atoms with E-state index in [1.807, 2.05) is 6.07 Å². The van der Waals surface area contributed by atoms with Gasteiger partial charge in [0.05, 0.1) is 12.9 Å². The van der Waals surface area contributed by atoms with Crippen LogP contribution in [-0.2, 0) is 10.5 Å². The zero-order valence-electron chi connectivity index (χ0n) is 16.6. The Morgan fingerprint density at radius 3 is 2.30 bits per heavy atom. The van der Waals surface area contributed by atoms with Crippen molar-refractivity contribution < 1.29 is 13.9 Å². The maximum absolute atomic E-state index is 13.5. The summed E-state index contributed by atoms with van der Waals surface area (Å²) < 4.78 is 18.7. The minimum absolute atomic E-state index is 0.0506. The van der Waals surface area contributed by atoms with E-state index in [-0.39, 0.29) is 11.7 Å². The number of benzene rings is 2. The smallest absolute Gasteiger partial charge is 0.234 e. The van der Waals surface area contributed by atoms with E-state index in [2.05, 4.69) is 45.1 Å². The molecule has 0 atom stereocenters. The molecule has 0 bridgehead atoms. The lowest BCUT2D eigenvalue weighted by Crippen LogP contribution is -2.17. The van der Waals surface area contributed by atoms with Gasteiger partial charge in [0.1, 0.15) is 11.6 Å². The number of ether oxygens (including phenoxy) is 1. The van der Waals surface area contributed by atoms with E-state index in [9.17, 15) is 9.18 Å². The zero-order valence-corrected chi connectivity index (χ0v) is 17.5. The molecule has 0 unspecified atom stereocenters. The summed E-state index contributed by atoms with van der Waals surface area (Å²) in [5.41, 5.74) is 3.97. The Bertz CT molecular complexity index is 764. The molecule has 0 aliphatic heterocycles. The number of carbonyl (C=O) groups is 1. The number of thioether (sulfide) groups is 1. The molecule has 0 aliphatic carbocycles. The maximum atomic E-state index is 13.5. The highest BCUT2D eigenvalue weighted by molar-refractivity contribution is 7.99. The molecule has 0 saturated carbocycles. The quantitative estimate of drug-likeness (QED) is 0.606. The largest absolute Gasteiger partial charge is 0.496 e. The van der Waals surface area contributed by atoms with Crippen molar-refractivity contribution in [2.75, 3.05) is 18.2 Å². The molecule has 2 rings (SSSR count). The molecule has 1 amide bonds. The summed E-state index contributed by atoms with van der Waals surface area (Å²) in [7, 11) is 1.56. The van der Waals surface area contributed by atoms with Crippen LogP contribution in [0.1, 0.15) is 56.2 Å². The number of hydrogen-bond acceptors (Lipinski definition) is 3. The number of nitrogens with one attached hydrogen (secondary N) is 1. The number of methoxy groups -OCH3 is 1. The highest BCUT2D eigenvalue weighted by Gasteiger charge is 2.16. The average molecular weight is 390 g/mol. The topological polar surface area (TPSA) is 38.3 Å². The van der Waals surface area contributed by atoms with Gasteiger partial charge < -0.3 is 10.1 Å². The summed E-state index contributed by atoms with van der Waals surface area (Å²) in [5, 5.41) is 3.10. The van der Waals surface area contributed by atoms with Crippen molar-refractivity contribution in [3.63, 3.8) is 0 Å². The van der Waals surface area contributed by atoms with E-state index in [1.165, 1.54) is 23.9 Å². The number of amides is 1. The predicted molar refractivity (Wildman–Crippen MR) is 112 cm³/mol. The van der Waals surface area contributed by atoms with E-state index in [0.29, 0.717) is 29.1 Å². The Morgan fingerprint density at radius 2 is 1.74 bits per heavy atom. The van der Waals surface area contributed by atoms with Gasteiger partial charge in [-0.05, 0) is 41.2 Å². The molecule has 0 fully saturated rings. The van der Waals surface area contributed by atoms with E-state index in [4.69, 9.17) is 4.74 Å². The minimum Gasteiger partial charge on any atom is -0.496 e. The molecule has 0 radical (unpaired) electrons. The Balaban J connectivity index is 2.05. The number of para-hydroxylation sites is 1. The normalized spacial score (nSPS) is 11.1. The molecule has 0 heterocycles. The second kappa shape index (κ2) is 9.79. The maximum Gasteiger partial charge on any atom is 0.234 e. The highest BCUT2D eigenvalue weighted by atomic mass is 32.2. The van der Waals surface area contributed by atoms with Gasteiger partial charge in [-0.15, -0.1) is 11.8 Å². The lowest BCUT2D eigenvalue weighted by Gasteiger charge is -2.20. The minimum atomic E-state index is -0.303. The van der Waals surface area contributed by atoms with Gasteiger partial charge in [-0.2, -0.15) is 0 Å². The number of hydrogen-bond donors (Lipinski definition) is 1. The van der Waals surface area contributed by atoms with Gasteiger partial charge in [0.2, 0.25) is 5.91 Å². The van der Waals surface area contributed by atoms with Gasteiger partial charge in [0, 0.05) is 17.0 Å². The number of anilines is 1. The Kier molecular flexibility index (Phi) is 7.72. The van der Waals surface area contributed by atoms with Gasteiger partial charge in [-0.25, -0.2) is 4.39 Å². The van der Waals surface area contributed by atoms with Gasteiger partial charge in [-0.1, -0.05) is 45.9 Å². The van der Waals surface area contributed by atoms with Gasteiger partial charge in [-0.3, -0.25) is 4.79 Å². The molecule has 5 heteroatoms. The first kappa shape index (κ1) is 21.3. The van der Waals surface area contributed by atoms with Crippen molar-refractivity contribution in [1.29, 1.82) is 0 Å². The number of rotatable bonds is 8. The molecular weight excluding hydrogens is 361 g/mol. The second-order valence-electron chi connectivity index (χ2n) is 7.12. The SMILES string of the molecule is COc1ccc(F)cc1CSCC(=O)Nc1c(C(C)C)cccc1C(C)C. The van der Waals surface area contributed by atoms with Crippen molar-refractivity contribution in [2.24, 2.45) is 0 Å². The monoisotopic (exact) mass is 389 g/mol. The van der Waals surface area contributed by atoms with Crippen LogP contribution in [-0.4, -0.2) is 18.8 Å². The van der Waals surface area contributed by atoms with Crippen molar-refractivity contribution in [3.05, 3.63) is 58.9 Å². The van der Waals surface area contributed by atoms with E-state index < -0.39 is 0 Å². The molecule has 0 aliphatic rings. The first-order valence-electron chi connectivity index (χ1n) is 9.16. The molecule has 0 spiro atoms. The van der Waals surface area contributed by atoms with Crippen LogP contribution in [0.5, 0.6) is 5.75 Å². The third-order valence-electron chi connectivity index (χ3n) is 4.37. The summed E-state index contributed by atoms with van der Waals surface area (Å²) in [4.78, 5) is 12.5. The van der Waals surface area contributed by atoms with Crippen LogP contribution in [0.2, 0.25) is 0 Å². The van der Waals surface area contributed by atoms with Crippen LogP contribution in [0.3, 0.4) is 0 Å². The van der Waals surface area contributed by atoms with Crippen molar-refractivity contribution in [2.45, 2.75) is 45.3 Å². The van der Waals surface area contributed by atoms with E-state index >= 15 is 0 Å². The van der Waals surface area contributed by atoms with Gasteiger partial charge >= 0.3 is 0 Å². The summed E-state index contributed by atoms with van der Waals surface area (Å²) in [6.07, 6.45) is 0. The average Bonchev–Trinajstić information content (AvgIpc) is 2.61. The Morgan fingerprint density at radius 1 is 1.11 bits per heavy atom. The Labute approximate surface area is 165 Å². The summed E-state index contributed by atoms with van der Waals surface area (Å²) in [6, 6.07) is 10.6. The van der Waals surface area contributed by atoms with Crippen LogP contribution < -0.4 is 10.1 Å². The first-order valence-corrected chi connectivity index (χ1v) is 10.3. The fraction of sp³-hybridized carbons (Fsp3) is 0.409. The molecule has 27 heavy (non-hydrogen) atoms. The molecule has 2 aromatic carbocycles. The van der Waals surface area contributed by atoms with E-state index in [1.54, 1.807) is 13.2 Å². The molecule has 2 aromatic rings. The third kappa shape index (κ3) is 5.73. The van der Waals surface area contributed by atoms with Crippen LogP contribution in [0.4, 0.5) is 10.1 Å². The Hall–Kier alpha value is -2.01. The molecular formula is C22H28FNO2S. The van der Waals surface area contributed by atoms with Crippen molar-refractivity contribution in [3.8, 4) is 5.75 Å². The fourth-order valence-electron chi connectivity index (χ4n) is 2.98. The van der Waals surface area contributed by atoms with E-state index in [0.717, 1.165) is 22.4 Å². The predicted octanol–water partition coefficient (Wildman–Crippen LogP) is 5.95. The standard InChI is InChI=1S/C22H28FNO2S/c1-14(2)18-7-6-8-19(15(3)4)22(18)24-21(25)13-27-12-16-11-17(23)9-10-20(16)26-5/h6-11,14-15H,12-13H2,1-5H3,(H,24,25). The van der Waals surface area contributed by atoms with Crippen LogP contribution in [0.25, 0.3) is 0 Å². The third-order valence-corrected chi connectivity index (χ3v) is 5.35. The summed E-state index contributed by atoms with van der Waals surface area (Å²) in [6.45, 7) is 8.50. The summed E-state index contributed by atoms with van der Waals surface area (Å²) >= 11 is 1.44. The summed E-state index contributed by atoms with van der Waals surface area (Å²) in [5.74, 6) is 1.73. The highest BCUT2D eigenvalue weighted by Crippen LogP contribution is 2.32. The lowest BCUT2D eigenvalue weighted by molar-refractivity contribution is -0.113. The van der Waals surface area contributed by atoms with Gasteiger partial charge in [0.25, 0.3) is 0 Å². The number of carbonyl (C=O) groups excluding carboxylic acids is 1. The van der Waals surface area contributed by atoms with Gasteiger partial charge in [0.15, 0.2) is 0 Å². The second-order valence-corrected chi connectivity index (χ2v) is 8.10. The fourth-order valence-corrected chi connectivity index (χ4v) is 3.79.